The van der Waals surface area contributed by atoms with Crippen molar-refractivity contribution < 1.29 is 28.3 Å². The van der Waals surface area contributed by atoms with Crippen molar-refractivity contribution in [3.63, 3.8) is 0 Å². The second-order valence-electron chi connectivity index (χ2n) is 5.72. The molecule has 3 rings (SSSR count). The van der Waals surface area contributed by atoms with Gasteiger partial charge in [-0.05, 0) is 47.1 Å². The molecule has 9 heteroatoms. The summed E-state index contributed by atoms with van der Waals surface area (Å²) in [6.07, 6.45) is 1.43. The van der Waals surface area contributed by atoms with Crippen LogP contribution in [-0.2, 0) is 14.3 Å². The third-order valence-corrected chi connectivity index (χ3v) is 4.61. The third-order valence-electron chi connectivity index (χ3n) is 3.92. The highest BCUT2D eigenvalue weighted by Crippen LogP contribution is 2.28. The van der Waals surface area contributed by atoms with Gasteiger partial charge < -0.3 is 24.5 Å². The maximum Gasteiger partial charge on any atom is 0.339 e. The molecular formula is C19H17BrN2O6. The normalized spacial score (nSPS) is 16.2. The first kappa shape index (κ1) is 19.7. The van der Waals surface area contributed by atoms with Crippen LogP contribution in [0, 0.1) is 0 Å². The van der Waals surface area contributed by atoms with E-state index >= 15 is 0 Å². The van der Waals surface area contributed by atoms with E-state index in [0.29, 0.717) is 15.8 Å². The Morgan fingerprint density at radius 2 is 1.93 bits per heavy atom. The molecule has 2 aromatic rings. The minimum Gasteiger partial charge on any atom is -0.467 e. The monoisotopic (exact) mass is 448 g/mol. The second kappa shape index (κ2) is 8.75. The fourth-order valence-corrected chi connectivity index (χ4v) is 3.14. The van der Waals surface area contributed by atoms with Gasteiger partial charge in [0.15, 0.2) is 0 Å². The van der Waals surface area contributed by atoms with Gasteiger partial charge in [0.1, 0.15) is 18.4 Å². The van der Waals surface area contributed by atoms with Gasteiger partial charge in [-0.3, -0.25) is 0 Å². The predicted octanol–water partition coefficient (Wildman–Crippen LogP) is 3.07. The Bertz CT molecular complexity index is 922. The zero-order chi connectivity index (χ0) is 20.1. The van der Waals surface area contributed by atoms with Crippen LogP contribution in [0.25, 0.3) is 0 Å². The maximum atomic E-state index is 12.5. The van der Waals surface area contributed by atoms with Gasteiger partial charge in [0.05, 0.1) is 29.7 Å². The summed E-state index contributed by atoms with van der Waals surface area (Å²) in [4.78, 5) is 37.0. The van der Waals surface area contributed by atoms with Crippen LogP contribution in [0.4, 0.5) is 4.79 Å². The molecule has 0 aliphatic carbocycles. The summed E-state index contributed by atoms with van der Waals surface area (Å²) in [6, 6.07) is 8.62. The number of rotatable bonds is 6. The molecule has 0 bridgehead atoms. The van der Waals surface area contributed by atoms with E-state index in [1.54, 1.807) is 43.3 Å². The minimum absolute atomic E-state index is 0.108. The summed E-state index contributed by atoms with van der Waals surface area (Å²) < 4.78 is 16.3. The Balaban J connectivity index is 1.90. The van der Waals surface area contributed by atoms with Crippen LogP contribution in [0.2, 0.25) is 0 Å². The van der Waals surface area contributed by atoms with Crippen LogP contribution in [0.3, 0.4) is 0 Å². The van der Waals surface area contributed by atoms with E-state index in [-0.39, 0.29) is 24.5 Å². The summed E-state index contributed by atoms with van der Waals surface area (Å²) >= 11 is 3.28. The van der Waals surface area contributed by atoms with Gasteiger partial charge in [-0.2, -0.15) is 0 Å². The Labute approximate surface area is 169 Å². The fourth-order valence-electron chi connectivity index (χ4n) is 2.69. The van der Waals surface area contributed by atoms with Gasteiger partial charge in [0, 0.05) is 4.47 Å². The smallest absolute Gasteiger partial charge is 0.339 e. The molecule has 0 radical (unpaired) electrons. The van der Waals surface area contributed by atoms with Crippen molar-refractivity contribution in [2.75, 3.05) is 13.2 Å². The van der Waals surface area contributed by atoms with Gasteiger partial charge in [0.2, 0.25) is 0 Å². The highest BCUT2D eigenvalue weighted by atomic mass is 79.9. The van der Waals surface area contributed by atoms with Crippen molar-refractivity contribution in [3.05, 3.63) is 69.7 Å². The quantitative estimate of drug-likeness (QED) is 0.657. The van der Waals surface area contributed by atoms with E-state index in [0.717, 1.165) is 0 Å². The molecule has 0 saturated carbocycles. The summed E-state index contributed by atoms with van der Waals surface area (Å²) in [7, 11) is 0. The molecule has 1 atom stereocenters. The molecule has 1 aliphatic heterocycles. The molecule has 0 fully saturated rings. The SMILES string of the molecule is CCOC(=O)C1=C(COC(=O)c2ccccc2Br)NC(=O)NC1c1ccco1. The highest BCUT2D eigenvalue weighted by molar-refractivity contribution is 9.10. The van der Waals surface area contributed by atoms with Gasteiger partial charge in [-0.15, -0.1) is 0 Å². The van der Waals surface area contributed by atoms with Crippen LogP contribution in [0.15, 0.2) is 62.8 Å². The van der Waals surface area contributed by atoms with Gasteiger partial charge >= 0.3 is 18.0 Å². The maximum absolute atomic E-state index is 12.5. The molecule has 146 valence electrons. The number of urea groups is 1. The molecule has 1 aromatic heterocycles. The lowest BCUT2D eigenvalue weighted by Gasteiger charge is -2.27. The summed E-state index contributed by atoms with van der Waals surface area (Å²) in [5, 5.41) is 5.13. The van der Waals surface area contributed by atoms with Crippen LogP contribution < -0.4 is 10.6 Å². The summed E-state index contributed by atoms with van der Waals surface area (Å²) in [6.45, 7) is 1.49. The molecule has 0 spiro atoms. The van der Waals surface area contributed by atoms with Gasteiger partial charge in [0.25, 0.3) is 0 Å². The number of amides is 2. The number of nitrogens with one attached hydrogen (secondary N) is 2. The summed E-state index contributed by atoms with van der Waals surface area (Å²) in [5.74, 6) is -0.901. The number of hydrogen-bond donors (Lipinski definition) is 2. The molecule has 0 saturated heterocycles. The molecule has 1 aromatic carbocycles. The molecule has 2 amide bonds. The van der Waals surface area contributed by atoms with Crippen LogP contribution in [0.1, 0.15) is 29.1 Å². The number of esters is 2. The minimum atomic E-state index is -0.861. The lowest BCUT2D eigenvalue weighted by Crippen LogP contribution is -2.47. The van der Waals surface area contributed by atoms with Crippen LogP contribution >= 0.6 is 15.9 Å². The Hall–Kier alpha value is -3.07. The number of hydrogen-bond acceptors (Lipinski definition) is 6. The van der Waals surface area contributed by atoms with Crippen LogP contribution in [0.5, 0.6) is 0 Å². The van der Waals surface area contributed by atoms with Gasteiger partial charge in [-0.25, -0.2) is 14.4 Å². The lowest BCUT2D eigenvalue weighted by atomic mass is 10.0. The zero-order valence-corrected chi connectivity index (χ0v) is 16.4. The van der Waals surface area contributed by atoms with E-state index < -0.39 is 24.0 Å². The first-order valence-corrected chi connectivity index (χ1v) is 9.23. The second-order valence-corrected chi connectivity index (χ2v) is 6.57. The highest BCUT2D eigenvalue weighted by Gasteiger charge is 2.35. The molecule has 1 aliphatic rings. The lowest BCUT2D eigenvalue weighted by molar-refractivity contribution is -0.139. The van der Waals surface area contributed by atoms with E-state index in [9.17, 15) is 14.4 Å². The number of ether oxygens (including phenoxy) is 2. The number of halogens is 1. The van der Waals surface area contributed by atoms with Crippen molar-refractivity contribution in [1.82, 2.24) is 10.6 Å². The van der Waals surface area contributed by atoms with E-state index in [4.69, 9.17) is 13.9 Å². The molecule has 2 heterocycles. The Morgan fingerprint density at radius 3 is 2.61 bits per heavy atom. The van der Waals surface area contributed by atoms with E-state index in [1.807, 2.05) is 0 Å². The first-order chi connectivity index (χ1) is 13.5. The largest absolute Gasteiger partial charge is 0.467 e. The molecular weight excluding hydrogens is 432 g/mol. The average Bonchev–Trinajstić information content (AvgIpc) is 3.20. The third kappa shape index (κ3) is 4.25. The zero-order valence-electron chi connectivity index (χ0n) is 14.9. The molecule has 1 unspecified atom stereocenters. The first-order valence-electron chi connectivity index (χ1n) is 8.44. The topological polar surface area (TPSA) is 107 Å². The van der Waals surface area contributed by atoms with E-state index in [2.05, 4.69) is 26.6 Å². The molecule has 2 N–H and O–H groups in total. The van der Waals surface area contributed by atoms with Gasteiger partial charge in [-0.1, -0.05) is 12.1 Å². The molecule has 8 nitrogen and oxygen atoms in total. The predicted molar refractivity (Wildman–Crippen MR) is 101 cm³/mol. The molecule has 28 heavy (non-hydrogen) atoms. The van der Waals surface area contributed by atoms with Crippen molar-refractivity contribution in [1.29, 1.82) is 0 Å². The van der Waals surface area contributed by atoms with Crippen molar-refractivity contribution in [2.24, 2.45) is 0 Å². The standard InChI is InChI=1S/C19H17BrN2O6/c1-2-26-18(24)15-13(10-28-17(23)11-6-3-4-7-12(11)20)21-19(25)22-16(15)14-8-5-9-27-14/h3-9,16H,2,10H2,1H3,(H2,21,22,25). The van der Waals surface area contributed by atoms with Crippen molar-refractivity contribution in [3.8, 4) is 0 Å². The summed E-state index contributed by atoms with van der Waals surface area (Å²) in [5.41, 5.74) is 0.559. The number of benzene rings is 1. The Morgan fingerprint density at radius 1 is 1.14 bits per heavy atom. The fraction of sp³-hybridized carbons (Fsp3) is 0.211. The van der Waals surface area contributed by atoms with Crippen molar-refractivity contribution in [2.45, 2.75) is 13.0 Å². The van der Waals surface area contributed by atoms with Crippen LogP contribution in [-0.4, -0.2) is 31.2 Å². The van der Waals surface area contributed by atoms with Crippen molar-refractivity contribution >= 4 is 33.9 Å². The number of carbonyl (C=O) groups is 3. The average molecular weight is 449 g/mol. The Kier molecular flexibility index (Phi) is 6.15. The van der Waals surface area contributed by atoms with E-state index in [1.165, 1.54) is 6.26 Å². The number of furan rings is 1. The number of carbonyl (C=O) groups excluding carboxylic acids is 3.